The van der Waals surface area contributed by atoms with Crippen molar-refractivity contribution in [3.8, 4) is 6.01 Å². The molecule has 0 spiro atoms. The number of unbranched alkanes of at least 4 members (excludes halogenated alkanes) is 3. The van der Waals surface area contributed by atoms with Gasteiger partial charge in [0.05, 0.1) is 6.61 Å². The van der Waals surface area contributed by atoms with Crippen LogP contribution in [0.15, 0.2) is 34.9 Å². The van der Waals surface area contributed by atoms with E-state index in [-0.39, 0.29) is 11.8 Å². The van der Waals surface area contributed by atoms with Gasteiger partial charge in [0.25, 0.3) is 0 Å². The normalized spacial score (nSPS) is 11.5. The lowest BCUT2D eigenvalue weighted by atomic mass is 10.2. The molecule has 0 radical (unpaired) electrons. The Kier molecular flexibility index (Phi) is 7.25. The Hall–Kier alpha value is -1.83. The molecule has 2 aromatic rings. The standard InChI is InChI=1S/C18H21BrF3N3O/c1-3-4-5-6-11-26-17-23-12-15(18(20,21)22)16(24-17)25(2)14-9-7-13(19)8-10-14/h7-10,12H,3-6,11H2,1-2H3. The second kappa shape index (κ2) is 9.21. The molecule has 8 heteroatoms. The molecule has 4 nitrogen and oxygen atoms in total. The van der Waals surface area contributed by atoms with Gasteiger partial charge in [-0.25, -0.2) is 4.98 Å². The molecule has 142 valence electrons. The van der Waals surface area contributed by atoms with Gasteiger partial charge in [0, 0.05) is 23.4 Å². The van der Waals surface area contributed by atoms with Gasteiger partial charge in [-0.05, 0) is 30.7 Å². The summed E-state index contributed by atoms with van der Waals surface area (Å²) in [6.07, 6.45) is 0.226. The predicted octanol–water partition coefficient (Wildman–Crippen LogP) is 5.98. The van der Waals surface area contributed by atoms with E-state index in [9.17, 15) is 13.2 Å². The Balaban J connectivity index is 2.25. The first-order chi connectivity index (χ1) is 12.3. The van der Waals surface area contributed by atoms with E-state index in [2.05, 4.69) is 32.8 Å². The first-order valence-electron chi connectivity index (χ1n) is 8.39. The SMILES string of the molecule is CCCCCCOc1ncc(C(F)(F)F)c(N(C)c2ccc(Br)cc2)n1. The van der Waals surface area contributed by atoms with E-state index in [4.69, 9.17) is 4.74 Å². The van der Waals surface area contributed by atoms with Crippen molar-refractivity contribution in [3.63, 3.8) is 0 Å². The maximum atomic E-state index is 13.4. The fourth-order valence-electron chi connectivity index (χ4n) is 2.36. The zero-order chi connectivity index (χ0) is 19.2. The molecule has 0 amide bonds. The molecule has 0 bridgehead atoms. The minimum atomic E-state index is -4.56. The van der Waals surface area contributed by atoms with E-state index >= 15 is 0 Å². The fraction of sp³-hybridized carbons (Fsp3) is 0.444. The molecule has 1 aromatic carbocycles. The number of hydrogen-bond acceptors (Lipinski definition) is 4. The third-order valence-electron chi connectivity index (χ3n) is 3.81. The summed E-state index contributed by atoms with van der Waals surface area (Å²) >= 11 is 3.31. The van der Waals surface area contributed by atoms with Crippen molar-refractivity contribution in [1.82, 2.24) is 9.97 Å². The summed E-state index contributed by atoms with van der Waals surface area (Å²) in [6.45, 7) is 2.48. The molecule has 26 heavy (non-hydrogen) atoms. The molecule has 0 fully saturated rings. The quantitative estimate of drug-likeness (QED) is 0.481. The van der Waals surface area contributed by atoms with E-state index < -0.39 is 11.7 Å². The highest BCUT2D eigenvalue weighted by Crippen LogP contribution is 2.37. The summed E-state index contributed by atoms with van der Waals surface area (Å²) in [5.74, 6) is -0.238. The average molecular weight is 432 g/mol. The van der Waals surface area contributed by atoms with E-state index in [0.717, 1.165) is 36.4 Å². The third kappa shape index (κ3) is 5.59. The molecule has 1 heterocycles. The molecule has 1 aromatic heterocycles. The zero-order valence-corrected chi connectivity index (χ0v) is 16.3. The van der Waals surface area contributed by atoms with Crippen LogP contribution in [-0.2, 0) is 6.18 Å². The first kappa shape index (κ1) is 20.5. The lowest BCUT2D eigenvalue weighted by Gasteiger charge is -2.22. The van der Waals surface area contributed by atoms with Gasteiger partial charge in [0.2, 0.25) is 0 Å². The molecule has 0 aliphatic heterocycles. The van der Waals surface area contributed by atoms with Crippen LogP contribution < -0.4 is 9.64 Å². The fourth-order valence-corrected chi connectivity index (χ4v) is 2.63. The number of anilines is 2. The second-order valence-corrected chi connectivity index (χ2v) is 6.75. The number of rotatable bonds is 8. The Morgan fingerprint density at radius 3 is 2.42 bits per heavy atom. The van der Waals surface area contributed by atoms with E-state index in [0.29, 0.717) is 12.3 Å². The monoisotopic (exact) mass is 431 g/mol. The summed E-state index contributed by atoms with van der Waals surface area (Å²) < 4.78 is 46.3. The Morgan fingerprint density at radius 1 is 1.12 bits per heavy atom. The van der Waals surface area contributed by atoms with Gasteiger partial charge in [0.1, 0.15) is 5.56 Å². The molecule has 0 aliphatic rings. The van der Waals surface area contributed by atoms with Crippen LogP contribution in [0.5, 0.6) is 6.01 Å². The minimum absolute atomic E-state index is 0.0477. The van der Waals surface area contributed by atoms with Gasteiger partial charge in [0.15, 0.2) is 5.82 Å². The molecular weight excluding hydrogens is 411 g/mol. The third-order valence-corrected chi connectivity index (χ3v) is 4.34. The molecule has 0 unspecified atom stereocenters. The summed E-state index contributed by atoms with van der Waals surface area (Å²) in [5.41, 5.74) is -0.326. The van der Waals surface area contributed by atoms with Gasteiger partial charge >= 0.3 is 12.2 Å². The van der Waals surface area contributed by atoms with Crippen LogP contribution in [0.1, 0.15) is 38.2 Å². The summed E-state index contributed by atoms with van der Waals surface area (Å²) in [7, 11) is 1.53. The van der Waals surface area contributed by atoms with Crippen LogP contribution in [0.2, 0.25) is 0 Å². The summed E-state index contributed by atoms with van der Waals surface area (Å²) in [4.78, 5) is 9.12. The van der Waals surface area contributed by atoms with Crippen molar-refractivity contribution < 1.29 is 17.9 Å². The Morgan fingerprint density at radius 2 is 1.81 bits per heavy atom. The smallest absolute Gasteiger partial charge is 0.421 e. The number of benzene rings is 1. The number of hydrogen-bond donors (Lipinski definition) is 0. The Labute approximate surface area is 159 Å². The maximum absolute atomic E-state index is 13.4. The van der Waals surface area contributed by atoms with Gasteiger partial charge in [-0.3, -0.25) is 0 Å². The van der Waals surface area contributed by atoms with Gasteiger partial charge in [-0.1, -0.05) is 42.1 Å². The highest BCUT2D eigenvalue weighted by Gasteiger charge is 2.36. The van der Waals surface area contributed by atoms with Crippen LogP contribution in [0, 0.1) is 0 Å². The molecule has 0 N–H and O–H groups in total. The van der Waals surface area contributed by atoms with Crippen molar-refractivity contribution in [2.24, 2.45) is 0 Å². The van der Waals surface area contributed by atoms with Crippen LogP contribution >= 0.6 is 15.9 Å². The first-order valence-corrected chi connectivity index (χ1v) is 9.18. The maximum Gasteiger partial charge on any atom is 0.421 e. The van der Waals surface area contributed by atoms with Crippen molar-refractivity contribution in [2.75, 3.05) is 18.6 Å². The van der Waals surface area contributed by atoms with E-state index in [1.54, 1.807) is 24.3 Å². The predicted molar refractivity (Wildman–Crippen MR) is 98.9 cm³/mol. The molecule has 0 atom stereocenters. The molecular formula is C18H21BrF3N3O. The van der Waals surface area contributed by atoms with Crippen molar-refractivity contribution in [3.05, 3.63) is 40.5 Å². The summed E-state index contributed by atoms with van der Waals surface area (Å²) in [6, 6.07) is 6.88. The number of alkyl halides is 3. The minimum Gasteiger partial charge on any atom is -0.463 e. The van der Waals surface area contributed by atoms with Crippen LogP contribution in [0.3, 0.4) is 0 Å². The number of halogens is 4. The van der Waals surface area contributed by atoms with Crippen LogP contribution in [0.4, 0.5) is 24.7 Å². The topological polar surface area (TPSA) is 38.2 Å². The van der Waals surface area contributed by atoms with Crippen molar-refractivity contribution in [1.29, 1.82) is 0 Å². The van der Waals surface area contributed by atoms with Crippen molar-refractivity contribution in [2.45, 2.75) is 38.8 Å². The highest BCUT2D eigenvalue weighted by atomic mass is 79.9. The van der Waals surface area contributed by atoms with Gasteiger partial charge < -0.3 is 9.64 Å². The van der Waals surface area contributed by atoms with Crippen LogP contribution in [0.25, 0.3) is 0 Å². The highest BCUT2D eigenvalue weighted by molar-refractivity contribution is 9.10. The average Bonchev–Trinajstić information content (AvgIpc) is 2.60. The second-order valence-electron chi connectivity index (χ2n) is 5.83. The molecule has 2 rings (SSSR count). The largest absolute Gasteiger partial charge is 0.463 e. The molecule has 0 saturated heterocycles. The zero-order valence-electron chi connectivity index (χ0n) is 14.7. The molecule has 0 saturated carbocycles. The number of aromatic nitrogens is 2. The number of nitrogens with zero attached hydrogens (tertiary/aromatic N) is 3. The lowest BCUT2D eigenvalue weighted by Crippen LogP contribution is -2.19. The summed E-state index contributed by atoms with van der Waals surface area (Å²) in [5, 5.41) is 0. The van der Waals surface area contributed by atoms with Gasteiger partial charge in [-0.15, -0.1) is 0 Å². The number of ether oxygens (including phenoxy) is 1. The van der Waals surface area contributed by atoms with E-state index in [1.165, 1.54) is 11.9 Å². The lowest BCUT2D eigenvalue weighted by molar-refractivity contribution is -0.137. The van der Waals surface area contributed by atoms with Gasteiger partial charge in [-0.2, -0.15) is 18.2 Å². The van der Waals surface area contributed by atoms with Crippen LogP contribution in [-0.4, -0.2) is 23.6 Å². The van der Waals surface area contributed by atoms with E-state index in [1.807, 2.05) is 0 Å². The van der Waals surface area contributed by atoms with Crippen molar-refractivity contribution >= 4 is 27.4 Å². The Bertz CT molecular complexity index is 708. The molecule has 0 aliphatic carbocycles.